The van der Waals surface area contributed by atoms with Gasteiger partial charge in [0.25, 0.3) is 0 Å². The summed E-state index contributed by atoms with van der Waals surface area (Å²) < 4.78 is 77.0. The quantitative estimate of drug-likeness (QED) is 0.795. The van der Waals surface area contributed by atoms with Crippen LogP contribution in [0.5, 0.6) is 0 Å². The highest BCUT2D eigenvalue weighted by Crippen LogP contribution is 2.38. The zero-order chi connectivity index (χ0) is 17.3. The number of rotatable bonds is 3. The summed E-state index contributed by atoms with van der Waals surface area (Å²) in [6, 6.07) is 7.19. The van der Waals surface area contributed by atoms with Crippen LogP contribution < -0.4 is 5.73 Å². The lowest BCUT2D eigenvalue weighted by molar-refractivity contribution is -0.138. The van der Waals surface area contributed by atoms with Crippen LogP contribution in [0.25, 0.3) is 11.1 Å². The third kappa shape index (κ3) is 4.04. The van der Waals surface area contributed by atoms with Crippen LogP contribution in [0.1, 0.15) is 16.7 Å². The van der Waals surface area contributed by atoms with Crippen molar-refractivity contribution in [1.82, 2.24) is 0 Å². The van der Waals surface area contributed by atoms with Gasteiger partial charge in [-0.2, -0.15) is 26.3 Å². The van der Waals surface area contributed by atoms with E-state index in [0.717, 1.165) is 30.3 Å². The molecular formula is C16H13F6N. The largest absolute Gasteiger partial charge is 0.417 e. The molecule has 0 amide bonds. The minimum atomic E-state index is -4.60. The molecule has 23 heavy (non-hydrogen) atoms. The van der Waals surface area contributed by atoms with Crippen molar-refractivity contribution >= 4 is 0 Å². The first-order valence-corrected chi connectivity index (χ1v) is 6.71. The molecule has 0 atom stereocenters. The fraction of sp³-hybridized carbons (Fsp3) is 0.250. The summed E-state index contributed by atoms with van der Waals surface area (Å²) in [5.74, 6) is 0. The van der Waals surface area contributed by atoms with Crippen molar-refractivity contribution in [2.24, 2.45) is 5.73 Å². The van der Waals surface area contributed by atoms with Gasteiger partial charge in [0.15, 0.2) is 0 Å². The Morgan fingerprint density at radius 2 is 1.39 bits per heavy atom. The van der Waals surface area contributed by atoms with Crippen molar-refractivity contribution in [3.8, 4) is 11.1 Å². The van der Waals surface area contributed by atoms with Gasteiger partial charge in [0, 0.05) is 0 Å². The third-order valence-electron chi connectivity index (χ3n) is 3.35. The molecule has 0 radical (unpaired) electrons. The number of alkyl halides is 6. The van der Waals surface area contributed by atoms with Gasteiger partial charge < -0.3 is 5.73 Å². The van der Waals surface area contributed by atoms with E-state index in [2.05, 4.69) is 0 Å². The molecule has 0 bridgehead atoms. The van der Waals surface area contributed by atoms with Gasteiger partial charge >= 0.3 is 12.4 Å². The van der Waals surface area contributed by atoms with Crippen molar-refractivity contribution in [3.05, 3.63) is 59.2 Å². The molecule has 0 aliphatic heterocycles. The maximum Gasteiger partial charge on any atom is 0.417 e. The van der Waals surface area contributed by atoms with E-state index in [0.29, 0.717) is 12.0 Å². The van der Waals surface area contributed by atoms with Crippen LogP contribution in [0.3, 0.4) is 0 Å². The average molecular weight is 333 g/mol. The second-order valence-corrected chi connectivity index (χ2v) is 4.99. The van der Waals surface area contributed by atoms with Gasteiger partial charge in [-0.05, 0) is 47.9 Å². The van der Waals surface area contributed by atoms with Gasteiger partial charge in [0.05, 0.1) is 11.1 Å². The maximum absolute atomic E-state index is 13.1. The van der Waals surface area contributed by atoms with Crippen LogP contribution in [0, 0.1) is 0 Å². The van der Waals surface area contributed by atoms with Crippen LogP contribution in [0.15, 0.2) is 42.5 Å². The van der Waals surface area contributed by atoms with Crippen LogP contribution in [0.2, 0.25) is 0 Å². The predicted molar refractivity (Wildman–Crippen MR) is 74.6 cm³/mol. The van der Waals surface area contributed by atoms with E-state index in [4.69, 9.17) is 5.73 Å². The maximum atomic E-state index is 13.1. The second-order valence-electron chi connectivity index (χ2n) is 4.99. The molecule has 0 aliphatic rings. The zero-order valence-electron chi connectivity index (χ0n) is 11.8. The first-order valence-electron chi connectivity index (χ1n) is 6.71. The van der Waals surface area contributed by atoms with E-state index in [9.17, 15) is 26.3 Å². The number of hydrogen-bond donors (Lipinski definition) is 1. The Kier molecular flexibility index (Phi) is 4.70. The molecule has 2 N–H and O–H groups in total. The van der Waals surface area contributed by atoms with E-state index < -0.39 is 23.5 Å². The molecule has 0 unspecified atom stereocenters. The summed E-state index contributed by atoms with van der Waals surface area (Å²) in [5.41, 5.74) is 4.10. The highest BCUT2D eigenvalue weighted by atomic mass is 19.4. The number of nitrogens with two attached hydrogens (primary N) is 1. The van der Waals surface area contributed by atoms with Crippen molar-refractivity contribution in [2.45, 2.75) is 18.8 Å². The molecule has 0 fully saturated rings. The molecule has 2 rings (SSSR count). The number of benzene rings is 2. The Bertz CT molecular complexity index is 670. The van der Waals surface area contributed by atoms with Gasteiger partial charge in [-0.25, -0.2) is 0 Å². The third-order valence-corrected chi connectivity index (χ3v) is 3.35. The Hall–Kier alpha value is -2.02. The number of halogens is 6. The molecule has 0 saturated carbocycles. The van der Waals surface area contributed by atoms with Gasteiger partial charge in [0.2, 0.25) is 0 Å². The van der Waals surface area contributed by atoms with Crippen molar-refractivity contribution < 1.29 is 26.3 Å². The van der Waals surface area contributed by atoms with Crippen LogP contribution >= 0.6 is 0 Å². The van der Waals surface area contributed by atoms with E-state index in [1.807, 2.05) is 0 Å². The standard InChI is InChI=1S/C16H13F6N/c17-15(18,19)12-4-2-11(3-5-12)13-9-10(7-8-23)1-6-14(13)16(20,21)22/h1-6,9H,7-8,23H2. The predicted octanol–water partition coefficient (Wildman–Crippen LogP) is 4.89. The Morgan fingerprint density at radius 3 is 1.87 bits per heavy atom. The molecule has 0 aliphatic carbocycles. The van der Waals surface area contributed by atoms with Crippen LogP contribution in [0.4, 0.5) is 26.3 Å². The van der Waals surface area contributed by atoms with Crippen molar-refractivity contribution in [1.29, 1.82) is 0 Å². The normalized spacial score (nSPS) is 12.5. The molecule has 2 aromatic carbocycles. The molecule has 1 nitrogen and oxygen atoms in total. The van der Waals surface area contributed by atoms with Crippen molar-refractivity contribution in [2.75, 3.05) is 6.54 Å². The highest BCUT2D eigenvalue weighted by molar-refractivity contribution is 5.69. The monoisotopic (exact) mass is 333 g/mol. The first kappa shape index (κ1) is 17.3. The molecule has 2 aromatic rings. The second kappa shape index (κ2) is 6.23. The summed E-state index contributed by atoms with van der Waals surface area (Å²) in [6.07, 6.45) is -8.75. The first-order chi connectivity index (χ1) is 10.6. The van der Waals surface area contributed by atoms with Crippen LogP contribution in [-0.2, 0) is 18.8 Å². The van der Waals surface area contributed by atoms with Crippen molar-refractivity contribution in [3.63, 3.8) is 0 Å². The van der Waals surface area contributed by atoms with E-state index in [-0.39, 0.29) is 17.7 Å². The number of hydrogen-bond acceptors (Lipinski definition) is 1. The minimum absolute atomic E-state index is 0.0733. The fourth-order valence-corrected chi connectivity index (χ4v) is 2.24. The lowest BCUT2D eigenvalue weighted by Gasteiger charge is -2.15. The summed E-state index contributed by atoms with van der Waals surface area (Å²) in [5, 5.41) is 0. The molecule has 0 saturated heterocycles. The minimum Gasteiger partial charge on any atom is -0.330 e. The van der Waals surface area contributed by atoms with Gasteiger partial charge in [-0.1, -0.05) is 24.3 Å². The molecule has 0 aromatic heterocycles. The molecule has 7 heteroatoms. The molecule has 124 valence electrons. The van der Waals surface area contributed by atoms with E-state index in [1.165, 1.54) is 12.1 Å². The lowest BCUT2D eigenvalue weighted by Crippen LogP contribution is -2.09. The molecule has 0 spiro atoms. The van der Waals surface area contributed by atoms with Crippen LogP contribution in [-0.4, -0.2) is 6.54 Å². The topological polar surface area (TPSA) is 26.0 Å². The van der Waals surface area contributed by atoms with E-state index >= 15 is 0 Å². The average Bonchev–Trinajstić information content (AvgIpc) is 2.45. The molecule has 0 heterocycles. The lowest BCUT2D eigenvalue weighted by atomic mass is 9.95. The SMILES string of the molecule is NCCc1ccc(C(F)(F)F)c(-c2ccc(C(F)(F)F)cc2)c1. The summed E-state index contributed by atoms with van der Waals surface area (Å²) >= 11 is 0. The smallest absolute Gasteiger partial charge is 0.330 e. The fourth-order valence-electron chi connectivity index (χ4n) is 2.24. The Morgan fingerprint density at radius 1 is 0.783 bits per heavy atom. The summed E-state index contributed by atoms with van der Waals surface area (Å²) in [6.45, 7) is 0.262. The van der Waals surface area contributed by atoms with Gasteiger partial charge in [-0.15, -0.1) is 0 Å². The summed E-state index contributed by atoms with van der Waals surface area (Å²) in [4.78, 5) is 0. The van der Waals surface area contributed by atoms with Gasteiger partial charge in [-0.3, -0.25) is 0 Å². The summed E-state index contributed by atoms with van der Waals surface area (Å²) in [7, 11) is 0. The highest BCUT2D eigenvalue weighted by Gasteiger charge is 2.34. The Labute approximate surface area is 128 Å². The zero-order valence-corrected chi connectivity index (χ0v) is 11.8. The molecular weight excluding hydrogens is 320 g/mol. The van der Waals surface area contributed by atoms with E-state index in [1.54, 1.807) is 0 Å². The van der Waals surface area contributed by atoms with Gasteiger partial charge in [0.1, 0.15) is 0 Å². The Balaban J connectivity index is 2.53.